The van der Waals surface area contributed by atoms with Crippen molar-refractivity contribution in [3.63, 3.8) is 0 Å². The van der Waals surface area contributed by atoms with Gasteiger partial charge in [-0.2, -0.15) is 0 Å². The third-order valence-corrected chi connectivity index (χ3v) is 2.18. The molecule has 2 N–H and O–H groups in total. The molecule has 0 spiro atoms. The lowest BCUT2D eigenvalue weighted by Crippen LogP contribution is -2.37. The van der Waals surface area contributed by atoms with Crippen molar-refractivity contribution in [2.75, 3.05) is 0 Å². The Balaban J connectivity index is 3.33. The summed E-state index contributed by atoms with van der Waals surface area (Å²) in [6.45, 7) is 0. The van der Waals surface area contributed by atoms with Gasteiger partial charge in [-0.05, 0) is 6.07 Å². The van der Waals surface area contributed by atoms with Crippen LogP contribution in [0.2, 0.25) is 0 Å². The summed E-state index contributed by atoms with van der Waals surface area (Å²) in [6.07, 6.45) is -3.07. The van der Waals surface area contributed by atoms with Gasteiger partial charge in [-0.3, -0.25) is 0 Å². The molecule has 1 atom stereocenters. The summed E-state index contributed by atoms with van der Waals surface area (Å²) >= 11 is 0. The molecular formula is C8H4F5O3Si. The normalized spacial score (nSPS) is 13.9. The highest BCUT2D eigenvalue weighted by Gasteiger charge is 2.39. The molecule has 93 valence electrons. The lowest BCUT2D eigenvalue weighted by molar-refractivity contribution is -0.326. The minimum Gasteiger partial charge on any atom is -0.369 e. The highest BCUT2D eigenvalue weighted by atomic mass is 28.2. The van der Waals surface area contributed by atoms with E-state index in [-0.39, 0.29) is 6.07 Å². The summed E-state index contributed by atoms with van der Waals surface area (Å²) < 4.78 is 68.0. The predicted octanol–water partition coefficient (Wildman–Crippen LogP) is 0.992. The Morgan fingerprint density at radius 2 is 1.65 bits per heavy atom. The molecule has 0 aliphatic rings. The Morgan fingerprint density at radius 1 is 1.12 bits per heavy atom. The molecule has 0 aromatic heterocycles. The molecule has 1 unspecified atom stereocenters. The van der Waals surface area contributed by atoms with E-state index in [1.165, 1.54) is 0 Å². The van der Waals surface area contributed by atoms with Gasteiger partial charge in [0.1, 0.15) is 0 Å². The van der Waals surface area contributed by atoms with Crippen LogP contribution in [-0.2, 0) is 4.43 Å². The summed E-state index contributed by atoms with van der Waals surface area (Å²) in [5.74, 6) is -12.0. The number of hydrogen-bond acceptors (Lipinski definition) is 3. The maximum Gasteiger partial charge on any atom is 0.305 e. The van der Waals surface area contributed by atoms with Gasteiger partial charge in [0, 0.05) is 5.56 Å². The van der Waals surface area contributed by atoms with E-state index in [0.717, 1.165) is 0 Å². The first-order valence-corrected chi connectivity index (χ1v) is 4.39. The van der Waals surface area contributed by atoms with Crippen LogP contribution in [0.4, 0.5) is 22.0 Å². The van der Waals surface area contributed by atoms with E-state index in [9.17, 15) is 22.0 Å². The summed E-state index contributed by atoms with van der Waals surface area (Å²) in [6, 6.07) is -0.0507. The maximum atomic E-state index is 13.3. The number of aliphatic hydroxyl groups is 2. The summed E-state index contributed by atoms with van der Waals surface area (Å²) in [5.41, 5.74) is -1.44. The standard InChI is InChI=1S/C8H4F5O3Si/c9-3-1-2(4(10)6(12)5(3)11)7(13)8(14,15)16-17/h1,7,14-15H. The second kappa shape index (κ2) is 4.68. The molecule has 1 aromatic rings. The molecule has 0 amide bonds. The Bertz CT molecular complexity index is 440. The van der Waals surface area contributed by atoms with Crippen molar-refractivity contribution in [2.45, 2.75) is 12.1 Å². The molecule has 0 saturated heterocycles. The van der Waals surface area contributed by atoms with Gasteiger partial charge in [-0.25, -0.2) is 22.0 Å². The fraction of sp³-hybridized carbons (Fsp3) is 0.250. The quantitative estimate of drug-likeness (QED) is 0.283. The van der Waals surface area contributed by atoms with Crippen molar-refractivity contribution < 1.29 is 36.6 Å². The number of halogens is 5. The predicted molar refractivity (Wildman–Crippen MR) is 44.1 cm³/mol. The molecule has 0 fully saturated rings. The molecule has 1 aromatic carbocycles. The third-order valence-electron chi connectivity index (χ3n) is 1.88. The number of alkyl halides is 1. The Kier molecular flexibility index (Phi) is 3.87. The van der Waals surface area contributed by atoms with Crippen LogP contribution in [0.1, 0.15) is 11.7 Å². The van der Waals surface area contributed by atoms with E-state index in [1.54, 1.807) is 0 Å². The van der Waals surface area contributed by atoms with E-state index >= 15 is 0 Å². The van der Waals surface area contributed by atoms with Crippen molar-refractivity contribution in [1.82, 2.24) is 0 Å². The lowest BCUT2D eigenvalue weighted by Gasteiger charge is -2.24. The number of rotatable bonds is 3. The van der Waals surface area contributed by atoms with Crippen LogP contribution in [0.5, 0.6) is 0 Å². The van der Waals surface area contributed by atoms with Gasteiger partial charge in [0.25, 0.3) is 10.5 Å². The van der Waals surface area contributed by atoms with Gasteiger partial charge < -0.3 is 14.6 Å². The van der Waals surface area contributed by atoms with Crippen molar-refractivity contribution in [1.29, 1.82) is 0 Å². The highest BCUT2D eigenvalue weighted by Crippen LogP contribution is 2.32. The van der Waals surface area contributed by atoms with E-state index in [1.807, 2.05) is 0 Å². The average Bonchev–Trinajstić information content (AvgIpc) is 2.30. The second-order valence-corrected chi connectivity index (χ2v) is 3.22. The molecule has 3 nitrogen and oxygen atoms in total. The van der Waals surface area contributed by atoms with Crippen LogP contribution in [0.25, 0.3) is 0 Å². The maximum absolute atomic E-state index is 13.3. The zero-order valence-electron chi connectivity index (χ0n) is 7.85. The van der Waals surface area contributed by atoms with Crippen LogP contribution in [0, 0.1) is 23.3 Å². The third kappa shape index (κ3) is 2.46. The lowest BCUT2D eigenvalue weighted by atomic mass is 10.1. The van der Waals surface area contributed by atoms with Crippen LogP contribution in [0.15, 0.2) is 6.07 Å². The number of benzene rings is 1. The second-order valence-electron chi connectivity index (χ2n) is 3.01. The van der Waals surface area contributed by atoms with E-state index in [4.69, 9.17) is 10.2 Å². The molecule has 3 radical (unpaired) electrons. The van der Waals surface area contributed by atoms with Crippen LogP contribution in [0.3, 0.4) is 0 Å². The minimum absolute atomic E-state index is 0.0507. The molecule has 0 aliphatic carbocycles. The van der Waals surface area contributed by atoms with E-state index in [2.05, 4.69) is 14.9 Å². The SMILES string of the molecule is OC(O)(O[Si])C(F)c1cc(F)c(F)c(F)c1F. The van der Waals surface area contributed by atoms with Crippen LogP contribution in [-0.4, -0.2) is 26.7 Å². The summed E-state index contributed by atoms with van der Waals surface area (Å²) in [7, 11) is 2.07. The van der Waals surface area contributed by atoms with Crippen molar-refractivity contribution in [2.24, 2.45) is 0 Å². The number of hydrogen-bond donors (Lipinski definition) is 2. The zero-order chi connectivity index (χ0) is 13.4. The van der Waals surface area contributed by atoms with Gasteiger partial charge in [-0.1, -0.05) is 0 Å². The van der Waals surface area contributed by atoms with E-state index < -0.39 is 41.0 Å². The average molecular weight is 271 g/mol. The largest absolute Gasteiger partial charge is 0.369 e. The van der Waals surface area contributed by atoms with Gasteiger partial charge in [0.15, 0.2) is 23.3 Å². The van der Waals surface area contributed by atoms with Crippen molar-refractivity contribution in [3.8, 4) is 0 Å². The molecule has 1 rings (SSSR count). The van der Waals surface area contributed by atoms with E-state index in [0.29, 0.717) is 0 Å². The first kappa shape index (κ1) is 14.0. The molecule has 0 saturated carbocycles. The first-order valence-electron chi connectivity index (χ1n) is 3.98. The van der Waals surface area contributed by atoms with Gasteiger partial charge >= 0.3 is 5.97 Å². The molecule has 0 bridgehead atoms. The Labute approximate surface area is 95.0 Å². The first-order chi connectivity index (χ1) is 7.72. The molecule has 17 heavy (non-hydrogen) atoms. The van der Waals surface area contributed by atoms with Crippen molar-refractivity contribution >= 4 is 10.5 Å². The smallest absolute Gasteiger partial charge is 0.305 e. The van der Waals surface area contributed by atoms with Crippen LogP contribution >= 0.6 is 0 Å². The fourth-order valence-corrected chi connectivity index (χ4v) is 1.13. The molecular weight excluding hydrogens is 267 g/mol. The topological polar surface area (TPSA) is 49.7 Å². The van der Waals surface area contributed by atoms with Gasteiger partial charge in [0.05, 0.1) is 0 Å². The molecule has 9 heteroatoms. The highest BCUT2D eigenvalue weighted by molar-refractivity contribution is 5.98. The summed E-state index contributed by atoms with van der Waals surface area (Å²) in [5, 5.41) is 17.7. The Morgan fingerprint density at radius 3 is 2.12 bits per heavy atom. The van der Waals surface area contributed by atoms with Gasteiger partial charge in [-0.15, -0.1) is 0 Å². The van der Waals surface area contributed by atoms with Crippen molar-refractivity contribution in [3.05, 3.63) is 34.9 Å². The Hall–Kier alpha value is -1.03. The monoisotopic (exact) mass is 271 g/mol. The minimum atomic E-state index is -3.57. The molecule has 0 heterocycles. The zero-order valence-corrected chi connectivity index (χ0v) is 8.85. The summed E-state index contributed by atoms with van der Waals surface area (Å²) in [4.78, 5) is 0. The molecule has 0 aliphatic heterocycles. The fourth-order valence-electron chi connectivity index (χ4n) is 1.03. The van der Waals surface area contributed by atoms with Crippen LogP contribution < -0.4 is 0 Å². The van der Waals surface area contributed by atoms with Gasteiger partial charge in [0.2, 0.25) is 6.17 Å².